The number of nitrogens with one attached hydrogen (secondary N) is 1. The van der Waals surface area contributed by atoms with E-state index in [2.05, 4.69) is 37.4 Å². The van der Waals surface area contributed by atoms with Crippen LogP contribution in [0.5, 0.6) is 0 Å². The van der Waals surface area contributed by atoms with Crippen LogP contribution in [0.4, 0.5) is 0 Å². The van der Waals surface area contributed by atoms with Gasteiger partial charge in [0.05, 0.1) is 5.69 Å². The van der Waals surface area contributed by atoms with Crippen molar-refractivity contribution in [2.75, 3.05) is 6.54 Å². The average molecular weight is 235 g/mol. The van der Waals surface area contributed by atoms with Gasteiger partial charge in [-0.05, 0) is 50.6 Å². The molecule has 2 rings (SSSR count). The molecule has 0 spiro atoms. The molecule has 3 nitrogen and oxygen atoms in total. The third-order valence-corrected chi connectivity index (χ3v) is 3.59. The minimum atomic E-state index is 0.737. The number of aryl methyl sites for hydroxylation is 2. The lowest BCUT2D eigenvalue weighted by atomic mass is 10.0. The van der Waals surface area contributed by atoms with Gasteiger partial charge in [0.25, 0.3) is 0 Å². The second-order valence-corrected chi connectivity index (χ2v) is 5.43. The summed E-state index contributed by atoms with van der Waals surface area (Å²) < 4.78 is 2.05. The molecule has 1 unspecified atom stereocenters. The van der Waals surface area contributed by atoms with Crippen molar-refractivity contribution in [1.29, 1.82) is 0 Å². The van der Waals surface area contributed by atoms with E-state index in [0.29, 0.717) is 0 Å². The van der Waals surface area contributed by atoms with Gasteiger partial charge >= 0.3 is 0 Å². The molecule has 17 heavy (non-hydrogen) atoms. The summed E-state index contributed by atoms with van der Waals surface area (Å²) in [4.78, 5) is 0. The van der Waals surface area contributed by atoms with E-state index in [0.717, 1.165) is 24.8 Å². The van der Waals surface area contributed by atoms with Gasteiger partial charge in [-0.1, -0.05) is 13.8 Å². The molecule has 0 amide bonds. The summed E-state index contributed by atoms with van der Waals surface area (Å²) in [5.41, 5.74) is 2.59. The maximum atomic E-state index is 4.50. The average Bonchev–Trinajstić information content (AvgIpc) is 3.04. The van der Waals surface area contributed by atoms with E-state index in [1.807, 2.05) is 4.68 Å². The smallest absolute Gasteiger partial charge is 0.0624 e. The van der Waals surface area contributed by atoms with Crippen molar-refractivity contribution in [2.24, 2.45) is 13.0 Å². The Labute approximate surface area is 105 Å². The molecule has 1 saturated carbocycles. The first kappa shape index (κ1) is 12.6. The number of nitrogens with zero attached hydrogens (tertiary/aromatic N) is 2. The van der Waals surface area contributed by atoms with Gasteiger partial charge in [-0.25, -0.2) is 0 Å². The van der Waals surface area contributed by atoms with Crippen molar-refractivity contribution in [3.63, 3.8) is 0 Å². The predicted octanol–water partition coefficient (Wildman–Crippen LogP) is 2.30. The summed E-state index contributed by atoms with van der Waals surface area (Å²) in [6, 6.07) is 3.09. The first-order valence-corrected chi connectivity index (χ1v) is 6.94. The highest BCUT2D eigenvalue weighted by molar-refractivity contribution is 5.10. The molecule has 96 valence electrons. The zero-order valence-electron chi connectivity index (χ0n) is 11.4. The molecule has 0 aromatic carbocycles. The first-order chi connectivity index (χ1) is 8.19. The van der Waals surface area contributed by atoms with Crippen LogP contribution in [0.1, 0.15) is 44.5 Å². The minimum Gasteiger partial charge on any atom is -0.314 e. The molecular formula is C14H25N3. The Morgan fingerprint density at radius 3 is 2.88 bits per heavy atom. The van der Waals surface area contributed by atoms with Crippen molar-refractivity contribution in [2.45, 2.75) is 52.0 Å². The van der Waals surface area contributed by atoms with Crippen LogP contribution in [0.25, 0.3) is 0 Å². The summed E-state index contributed by atoms with van der Waals surface area (Å²) in [5, 5.41) is 8.08. The third kappa shape index (κ3) is 3.84. The second kappa shape index (κ2) is 5.67. The van der Waals surface area contributed by atoms with E-state index < -0.39 is 0 Å². The normalized spacial score (nSPS) is 17.4. The summed E-state index contributed by atoms with van der Waals surface area (Å²) in [7, 11) is 2.06. The highest BCUT2D eigenvalue weighted by atomic mass is 15.3. The van der Waals surface area contributed by atoms with Gasteiger partial charge in [0, 0.05) is 18.8 Å². The molecule has 1 aromatic rings. The Morgan fingerprint density at radius 1 is 1.53 bits per heavy atom. The predicted molar refractivity (Wildman–Crippen MR) is 71.1 cm³/mol. The minimum absolute atomic E-state index is 0.737. The fourth-order valence-corrected chi connectivity index (χ4v) is 2.22. The highest BCUT2D eigenvalue weighted by Gasteiger charge is 2.20. The Morgan fingerprint density at radius 2 is 2.29 bits per heavy atom. The van der Waals surface area contributed by atoms with Gasteiger partial charge < -0.3 is 5.32 Å². The van der Waals surface area contributed by atoms with Crippen LogP contribution in [-0.4, -0.2) is 22.4 Å². The Bertz CT molecular complexity index is 352. The lowest BCUT2D eigenvalue weighted by Gasteiger charge is -2.11. The molecule has 1 aliphatic rings. The molecular weight excluding hydrogens is 210 g/mol. The van der Waals surface area contributed by atoms with Gasteiger partial charge in [-0.3, -0.25) is 4.68 Å². The molecule has 0 aliphatic heterocycles. The van der Waals surface area contributed by atoms with E-state index in [-0.39, 0.29) is 0 Å². The Hall–Kier alpha value is -0.830. The van der Waals surface area contributed by atoms with E-state index >= 15 is 0 Å². The van der Waals surface area contributed by atoms with Crippen molar-refractivity contribution >= 4 is 0 Å². The molecule has 0 saturated heterocycles. The van der Waals surface area contributed by atoms with E-state index in [1.165, 1.54) is 37.2 Å². The maximum absolute atomic E-state index is 4.50. The zero-order chi connectivity index (χ0) is 12.3. The van der Waals surface area contributed by atoms with E-state index in [4.69, 9.17) is 0 Å². The molecule has 1 atom stereocenters. The van der Waals surface area contributed by atoms with Gasteiger partial charge in [-0.2, -0.15) is 5.10 Å². The standard InChI is InChI=1S/C14H25N3/c1-4-12-10-14(17(3)16-12)9-11(2)7-8-15-13-5-6-13/h10-11,13,15H,4-9H2,1-3H3. The highest BCUT2D eigenvalue weighted by Crippen LogP contribution is 2.19. The van der Waals surface area contributed by atoms with Crippen molar-refractivity contribution in [1.82, 2.24) is 15.1 Å². The van der Waals surface area contributed by atoms with Crippen LogP contribution in [0, 0.1) is 5.92 Å². The summed E-state index contributed by atoms with van der Waals surface area (Å²) in [6.07, 6.45) is 6.22. The summed E-state index contributed by atoms with van der Waals surface area (Å²) in [6.45, 7) is 5.67. The SMILES string of the molecule is CCc1cc(CC(C)CCNC2CC2)n(C)n1. The third-order valence-electron chi connectivity index (χ3n) is 3.59. The molecule has 1 aromatic heterocycles. The second-order valence-electron chi connectivity index (χ2n) is 5.43. The number of rotatable bonds is 7. The van der Waals surface area contributed by atoms with Gasteiger partial charge in [-0.15, -0.1) is 0 Å². The lowest BCUT2D eigenvalue weighted by molar-refractivity contribution is 0.483. The van der Waals surface area contributed by atoms with Crippen LogP contribution in [0.3, 0.4) is 0 Å². The van der Waals surface area contributed by atoms with Gasteiger partial charge in [0.2, 0.25) is 0 Å². The Kier molecular flexibility index (Phi) is 4.21. The molecule has 0 radical (unpaired) electrons. The quantitative estimate of drug-likeness (QED) is 0.786. The topological polar surface area (TPSA) is 29.9 Å². The molecule has 1 aliphatic carbocycles. The Balaban J connectivity index is 1.75. The van der Waals surface area contributed by atoms with Crippen molar-refractivity contribution in [3.05, 3.63) is 17.5 Å². The fraction of sp³-hybridized carbons (Fsp3) is 0.786. The lowest BCUT2D eigenvalue weighted by Crippen LogP contribution is -2.20. The fourth-order valence-electron chi connectivity index (χ4n) is 2.22. The summed E-state index contributed by atoms with van der Waals surface area (Å²) in [5.74, 6) is 0.737. The molecule has 0 bridgehead atoms. The van der Waals surface area contributed by atoms with Crippen LogP contribution in [0.2, 0.25) is 0 Å². The largest absolute Gasteiger partial charge is 0.314 e. The van der Waals surface area contributed by atoms with Crippen LogP contribution >= 0.6 is 0 Å². The van der Waals surface area contributed by atoms with Crippen molar-refractivity contribution in [3.8, 4) is 0 Å². The van der Waals surface area contributed by atoms with E-state index in [9.17, 15) is 0 Å². The number of hydrogen-bond donors (Lipinski definition) is 1. The van der Waals surface area contributed by atoms with E-state index in [1.54, 1.807) is 0 Å². The van der Waals surface area contributed by atoms with Crippen LogP contribution < -0.4 is 5.32 Å². The number of aromatic nitrogens is 2. The van der Waals surface area contributed by atoms with Crippen LogP contribution in [-0.2, 0) is 19.9 Å². The first-order valence-electron chi connectivity index (χ1n) is 6.94. The molecule has 1 N–H and O–H groups in total. The molecule has 1 fully saturated rings. The molecule has 3 heteroatoms. The maximum Gasteiger partial charge on any atom is 0.0624 e. The van der Waals surface area contributed by atoms with Crippen LogP contribution in [0.15, 0.2) is 6.07 Å². The monoisotopic (exact) mass is 235 g/mol. The van der Waals surface area contributed by atoms with Gasteiger partial charge in [0.15, 0.2) is 0 Å². The van der Waals surface area contributed by atoms with Crippen molar-refractivity contribution < 1.29 is 0 Å². The van der Waals surface area contributed by atoms with Gasteiger partial charge in [0.1, 0.15) is 0 Å². The molecule has 1 heterocycles. The zero-order valence-corrected chi connectivity index (χ0v) is 11.4. The number of hydrogen-bond acceptors (Lipinski definition) is 2. The summed E-state index contributed by atoms with van der Waals surface area (Å²) >= 11 is 0.